The molecule has 1 aliphatic heterocycles. The SMILES string of the molecule is COC(=O)CC1Cc2ccc(C)cc2CN(C)C1=O. The number of hydrogen-bond donors (Lipinski definition) is 0. The first kappa shape index (κ1) is 13.6. The Kier molecular flexibility index (Phi) is 3.88. The standard InChI is InChI=1S/C15H19NO3/c1-10-4-5-11-7-12(8-14(17)19-3)15(18)16(2)9-13(11)6-10/h4-6,12H,7-9H2,1-3H3. The van der Waals surface area contributed by atoms with Crippen LogP contribution in [0.5, 0.6) is 0 Å². The van der Waals surface area contributed by atoms with Crippen LogP contribution in [0.2, 0.25) is 0 Å². The van der Waals surface area contributed by atoms with Crippen LogP contribution < -0.4 is 0 Å². The number of carbonyl (C=O) groups is 2. The second-order valence-corrected chi connectivity index (χ2v) is 5.15. The average Bonchev–Trinajstić information content (AvgIpc) is 2.49. The van der Waals surface area contributed by atoms with Gasteiger partial charge in [0.1, 0.15) is 0 Å². The van der Waals surface area contributed by atoms with E-state index >= 15 is 0 Å². The average molecular weight is 261 g/mol. The highest BCUT2D eigenvalue weighted by Crippen LogP contribution is 2.25. The molecule has 0 aromatic heterocycles. The van der Waals surface area contributed by atoms with E-state index in [2.05, 4.69) is 16.9 Å². The molecule has 1 atom stereocenters. The molecular weight excluding hydrogens is 242 g/mol. The van der Waals surface area contributed by atoms with Gasteiger partial charge < -0.3 is 9.64 Å². The first-order valence-corrected chi connectivity index (χ1v) is 6.41. The Labute approximate surface area is 113 Å². The molecule has 4 nitrogen and oxygen atoms in total. The summed E-state index contributed by atoms with van der Waals surface area (Å²) in [6.07, 6.45) is 0.751. The van der Waals surface area contributed by atoms with E-state index < -0.39 is 0 Å². The number of esters is 1. The van der Waals surface area contributed by atoms with Crippen LogP contribution in [0, 0.1) is 12.8 Å². The van der Waals surface area contributed by atoms with E-state index in [4.69, 9.17) is 0 Å². The van der Waals surface area contributed by atoms with Gasteiger partial charge in [-0.1, -0.05) is 23.8 Å². The van der Waals surface area contributed by atoms with Gasteiger partial charge in [0.15, 0.2) is 0 Å². The normalized spacial score (nSPS) is 18.8. The molecule has 2 rings (SSSR count). The van der Waals surface area contributed by atoms with E-state index in [-0.39, 0.29) is 24.2 Å². The van der Waals surface area contributed by atoms with Crippen LogP contribution in [0.4, 0.5) is 0 Å². The van der Waals surface area contributed by atoms with Crippen molar-refractivity contribution in [2.24, 2.45) is 5.92 Å². The smallest absolute Gasteiger partial charge is 0.306 e. The molecule has 0 aliphatic carbocycles. The lowest BCUT2D eigenvalue weighted by Gasteiger charge is -2.19. The molecule has 1 aliphatic rings. The second kappa shape index (κ2) is 5.43. The maximum atomic E-state index is 12.3. The van der Waals surface area contributed by atoms with Crippen molar-refractivity contribution < 1.29 is 14.3 Å². The van der Waals surface area contributed by atoms with E-state index in [1.165, 1.54) is 18.2 Å². The third-order valence-electron chi connectivity index (χ3n) is 3.60. The van der Waals surface area contributed by atoms with E-state index in [1.54, 1.807) is 11.9 Å². The number of hydrogen-bond acceptors (Lipinski definition) is 3. The van der Waals surface area contributed by atoms with Gasteiger partial charge in [-0.3, -0.25) is 9.59 Å². The number of rotatable bonds is 2. The van der Waals surface area contributed by atoms with Crippen molar-refractivity contribution in [1.29, 1.82) is 0 Å². The van der Waals surface area contributed by atoms with Crippen molar-refractivity contribution in [3.05, 3.63) is 34.9 Å². The number of aryl methyl sites for hydroxylation is 1. The largest absolute Gasteiger partial charge is 0.469 e. The number of carbonyl (C=O) groups excluding carboxylic acids is 2. The van der Waals surface area contributed by atoms with Crippen molar-refractivity contribution in [3.63, 3.8) is 0 Å². The highest BCUT2D eigenvalue weighted by atomic mass is 16.5. The zero-order chi connectivity index (χ0) is 14.0. The summed E-state index contributed by atoms with van der Waals surface area (Å²) >= 11 is 0. The van der Waals surface area contributed by atoms with Gasteiger partial charge in [0, 0.05) is 13.6 Å². The van der Waals surface area contributed by atoms with Gasteiger partial charge >= 0.3 is 5.97 Å². The molecule has 1 unspecified atom stereocenters. The number of fused-ring (bicyclic) bond motifs is 1. The fourth-order valence-corrected chi connectivity index (χ4v) is 2.54. The molecule has 0 N–H and O–H groups in total. The highest BCUT2D eigenvalue weighted by Gasteiger charge is 2.29. The molecular formula is C15H19NO3. The third-order valence-corrected chi connectivity index (χ3v) is 3.60. The molecule has 19 heavy (non-hydrogen) atoms. The summed E-state index contributed by atoms with van der Waals surface area (Å²) in [6, 6.07) is 6.21. The van der Waals surface area contributed by atoms with Crippen molar-refractivity contribution in [2.45, 2.75) is 26.3 Å². The fraction of sp³-hybridized carbons (Fsp3) is 0.467. The minimum Gasteiger partial charge on any atom is -0.469 e. The second-order valence-electron chi connectivity index (χ2n) is 5.15. The Balaban J connectivity index is 2.29. The lowest BCUT2D eigenvalue weighted by atomic mass is 9.93. The summed E-state index contributed by atoms with van der Waals surface area (Å²) in [4.78, 5) is 25.4. The molecule has 1 aromatic rings. The zero-order valence-corrected chi connectivity index (χ0v) is 11.6. The van der Waals surface area contributed by atoms with E-state index in [1.807, 2.05) is 13.0 Å². The summed E-state index contributed by atoms with van der Waals surface area (Å²) in [5.74, 6) is -0.636. The number of ether oxygens (including phenoxy) is 1. The molecule has 1 heterocycles. The molecule has 102 valence electrons. The van der Waals surface area contributed by atoms with Gasteiger partial charge in [-0.05, 0) is 24.5 Å². The van der Waals surface area contributed by atoms with Crippen molar-refractivity contribution in [1.82, 2.24) is 4.90 Å². The van der Waals surface area contributed by atoms with Crippen LogP contribution in [-0.2, 0) is 27.3 Å². The number of nitrogens with zero attached hydrogens (tertiary/aromatic N) is 1. The summed E-state index contributed by atoms with van der Waals surface area (Å²) in [5, 5.41) is 0. The van der Waals surface area contributed by atoms with Crippen LogP contribution in [0.3, 0.4) is 0 Å². The molecule has 0 radical (unpaired) electrons. The van der Waals surface area contributed by atoms with Crippen LogP contribution in [0.1, 0.15) is 23.1 Å². The van der Waals surface area contributed by atoms with Gasteiger partial charge in [-0.25, -0.2) is 0 Å². The number of amides is 1. The summed E-state index contributed by atoms with van der Waals surface area (Å²) in [7, 11) is 3.13. The quantitative estimate of drug-likeness (QED) is 0.761. The molecule has 0 saturated carbocycles. The minimum atomic E-state index is -0.331. The highest BCUT2D eigenvalue weighted by molar-refractivity contribution is 5.84. The Morgan fingerprint density at radius 3 is 2.84 bits per heavy atom. The van der Waals surface area contributed by atoms with Gasteiger partial charge in [0.2, 0.25) is 5.91 Å². The molecule has 0 fully saturated rings. The minimum absolute atomic E-state index is 0.0132. The summed E-state index contributed by atoms with van der Waals surface area (Å²) < 4.78 is 4.67. The van der Waals surface area contributed by atoms with Crippen LogP contribution >= 0.6 is 0 Å². The van der Waals surface area contributed by atoms with Crippen molar-refractivity contribution >= 4 is 11.9 Å². The predicted octanol–water partition coefficient (Wildman–Crippen LogP) is 1.69. The topological polar surface area (TPSA) is 46.6 Å². The lowest BCUT2D eigenvalue weighted by Crippen LogP contribution is -2.32. The lowest BCUT2D eigenvalue weighted by molar-refractivity contribution is -0.146. The van der Waals surface area contributed by atoms with Gasteiger partial charge in [-0.2, -0.15) is 0 Å². The van der Waals surface area contributed by atoms with Gasteiger partial charge in [0.25, 0.3) is 0 Å². The van der Waals surface area contributed by atoms with Crippen LogP contribution in [-0.4, -0.2) is 30.9 Å². The summed E-state index contributed by atoms with van der Waals surface area (Å²) in [5.41, 5.74) is 3.51. The number of methoxy groups -OCH3 is 1. The molecule has 1 amide bonds. The Bertz CT molecular complexity index is 510. The van der Waals surface area contributed by atoms with Crippen molar-refractivity contribution in [2.75, 3.05) is 14.2 Å². The molecule has 0 bridgehead atoms. The van der Waals surface area contributed by atoms with Crippen LogP contribution in [0.15, 0.2) is 18.2 Å². The molecule has 1 aromatic carbocycles. The third kappa shape index (κ3) is 2.95. The Morgan fingerprint density at radius 1 is 1.42 bits per heavy atom. The zero-order valence-electron chi connectivity index (χ0n) is 11.6. The van der Waals surface area contributed by atoms with Crippen molar-refractivity contribution in [3.8, 4) is 0 Å². The molecule has 4 heteroatoms. The fourth-order valence-electron chi connectivity index (χ4n) is 2.54. The van der Waals surface area contributed by atoms with E-state index in [0.717, 1.165) is 5.56 Å². The van der Waals surface area contributed by atoms with E-state index in [0.29, 0.717) is 13.0 Å². The van der Waals surface area contributed by atoms with Gasteiger partial charge in [-0.15, -0.1) is 0 Å². The first-order valence-electron chi connectivity index (χ1n) is 6.41. The molecule has 0 saturated heterocycles. The summed E-state index contributed by atoms with van der Waals surface area (Å²) in [6.45, 7) is 2.65. The van der Waals surface area contributed by atoms with Gasteiger partial charge in [0.05, 0.1) is 19.4 Å². The maximum absolute atomic E-state index is 12.3. The monoisotopic (exact) mass is 261 g/mol. The maximum Gasteiger partial charge on any atom is 0.306 e. The molecule has 0 spiro atoms. The Hall–Kier alpha value is -1.84. The first-order chi connectivity index (χ1) is 9.01. The van der Waals surface area contributed by atoms with Crippen LogP contribution in [0.25, 0.3) is 0 Å². The predicted molar refractivity (Wildman–Crippen MR) is 71.5 cm³/mol. The number of benzene rings is 1. The van der Waals surface area contributed by atoms with E-state index in [9.17, 15) is 9.59 Å². The Morgan fingerprint density at radius 2 is 2.16 bits per heavy atom.